The van der Waals surface area contributed by atoms with Crippen molar-refractivity contribution >= 4 is 15.7 Å². The van der Waals surface area contributed by atoms with E-state index in [9.17, 15) is 8.42 Å². The number of likely N-dealkylation sites (N-methyl/N-ethyl adjacent to an activating group) is 1. The lowest BCUT2D eigenvalue weighted by molar-refractivity contribution is 0.293. The Morgan fingerprint density at radius 2 is 1.33 bits per heavy atom. The molecule has 30 heavy (non-hydrogen) atoms. The average Bonchev–Trinajstić information content (AvgIpc) is 2.74. The lowest BCUT2D eigenvalue weighted by Gasteiger charge is -2.39. The van der Waals surface area contributed by atoms with E-state index in [1.807, 2.05) is 110 Å². The lowest BCUT2D eigenvalue weighted by Crippen LogP contribution is -2.43. The molecule has 154 valence electrons. The third kappa shape index (κ3) is 4.04. The number of benzene rings is 3. The predicted octanol–water partition coefficient (Wildman–Crippen LogP) is 4.67. The Labute approximate surface area is 178 Å². The van der Waals surface area contributed by atoms with Crippen LogP contribution >= 0.6 is 0 Å². The topological polar surface area (TPSA) is 46.6 Å². The first kappa shape index (κ1) is 20.4. The molecular weight excluding hydrogens is 394 g/mol. The van der Waals surface area contributed by atoms with Crippen molar-refractivity contribution in [2.24, 2.45) is 0 Å². The van der Waals surface area contributed by atoms with Gasteiger partial charge in [-0.1, -0.05) is 91.0 Å². The van der Waals surface area contributed by atoms with Crippen molar-refractivity contribution in [1.82, 2.24) is 4.90 Å². The van der Waals surface area contributed by atoms with Crippen LogP contribution in [0.15, 0.2) is 96.8 Å². The Morgan fingerprint density at radius 3 is 1.90 bits per heavy atom. The van der Waals surface area contributed by atoms with Crippen LogP contribution in [0.1, 0.15) is 21.9 Å². The maximum absolute atomic E-state index is 13.4. The summed E-state index contributed by atoms with van der Waals surface area (Å²) in [7, 11) is -0.0382. The molecule has 0 N–H and O–H groups in total. The molecule has 5 heteroatoms. The first-order chi connectivity index (χ1) is 14.5. The Morgan fingerprint density at radius 1 is 0.800 bits per heavy atom. The molecule has 0 amide bonds. The van der Waals surface area contributed by atoms with E-state index in [1.54, 1.807) is 0 Å². The molecule has 0 aromatic heterocycles. The molecule has 1 aliphatic rings. The third-order valence-electron chi connectivity index (χ3n) is 5.39. The second-order valence-electron chi connectivity index (χ2n) is 7.68. The van der Waals surface area contributed by atoms with Gasteiger partial charge in [0.1, 0.15) is 11.0 Å². The highest BCUT2D eigenvalue weighted by molar-refractivity contribution is 7.87. The van der Waals surface area contributed by atoms with Crippen molar-refractivity contribution in [3.63, 3.8) is 0 Å². The van der Waals surface area contributed by atoms with Crippen LogP contribution in [0.5, 0.6) is 0 Å². The fourth-order valence-corrected chi connectivity index (χ4v) is 5.81. The quantitative estimate of drug-likeness (QED) is 0.564. The molecule has 0 fully saturated rings. The fraction of sp³-hybridized carbons (Fsp3) is 0.200. The van der Waals surface area contributed by atoms with Gasteiger partial charge < -0.3 is 9.08 Å². The standard InChI is InChI=1S/C25H25NO3S/c1-26(2)24-23(20-14-8-4-9-15-20)22(18-19-12-6-3-7-13-19)29-30(27,28)25(24)21-16-10-5-11-17-21/h3-17,24-25H,18H2,1-2H3/t24-,25+/m1/s1. The molecule has 0 saturated heterocycles. The van der Waals surface area contributed by atoms with Crippen molar-refractivity contribution in [2.75, 3.05) is 14.1 Å². The van der Waals surface area contributed by atoms with Gasteiger partial charge in [-0.15, -0.1) is 0 Å². The zero-order valence-corrected chi connectivity index (χ0v) is 17.9. The Bertz CT molecular complexity index is 1120. The minimum atomic E-state index is -3.88. The maximum Gasteiger partial charge on any atom is 0.317 e. The Hall–Kier alpha value is -2.89. The molecule has 3 aromatic carbocycles. The number of hydrogen-bond acceptors (Lipinski definition) is 4. The lowest BCUT2D eigenvalue weighted by atomic mass is 9.89. The summed E-state index contributed by atoms with van der Waals surface area (Å²) in [5.74, 6) is 0.485. The first-order valence-electron chi connectivity index (χ1n) is 9.94. The first-order valence-corrected chi connectivity index (χ1v) is 11.4. The average molecular weight is 420 g/mol. The molecule has 4 rings (SSSR count). The van der Waals surface area contributed by atoms with E-state index in [4.69, 9.17) is 4.18 Å². The highest BCUT2D eigenvalue weighted by atomic mass is 32.2. The molecule has 1 aliphatic heterocycles. The van der Waals surface area contributed by atoms with Gasteiger partial charge in [0.05, 0.1) is 6.04 Å². The van der Waals surface area contributed by atoms with Crippen LogP contribution in [0.4, 0.5) is 0 Å². The molecule has 0 bridgehead atoms. The van der Waals surface area contributed by atoms with E-state index in [1.165, 1.54) is 0 Å². The van der Waals surface area contributed by atoms with Gasteiger partial charge in [0.15, 0.2) is 0 Å². The van der Waals surface area contributed by atoms with Gasteiger partial charge in [-0.25, -0.2) is 0 Å². The van der Waals surface area contributed by atoms with E-state index in [0.717, 1.165) is 22.3 Å². The van der Waals surface area contributed by atoms with E-state index in [2.05, 4.69) is 0 Å². The molecule has 3 aromatic rings. The Balaban J connectivity index is 1.94. The number of rotatable bonds is 5. The number of nitrogens with zero attached hydrogens (tertiary/aromatic N) is 1. The predicted molar refractivity (Wildman–Crippen MR) is 120 cm³/mol. The molecule has 2 atom stereocenters. The highest BCUT2D eigenvalue weighted by Gasteiger charge is 2.46. The summed E-state index contributed by atoms with van der Waals surface area (Å²) in [6, 6.07) is 28.7. The zero-order chi connectivity index (χ0) is 21.1. The molecule has 0 spiro atoms. The highest BCUT2D eigenvalue weighted by Crippen LogP contribution is 2.44. The van der Waals surface area contributed by atoms with E-state index >= 15 is 0 Å². The van der Waals surface area contributed by atoms with Gasteiger partial charge in [0.2, 0.25) is 0 Å². The van der Waals surface area contributed by atoms with Crippen LogP contribution in [0.2, 0.25) is 0 Å². The van der Waals surface area contributed by atoms with Crippen LogP contribution in [0, 0.1) is 0 Å². The second-order valence-corrected chi connectivity index (χ2v) is 9.34. The van der Waals surface area contributed by atoms with Crippen LogP contribution in [-0.4, -0.2) is 33.5 Å². The fourth-order valence-electron chi connectivity index (χ4n) is 4.09. The van der Waals surface area contributed by atoms with Gasteiger partial charge in [-0.05, 0) is 30.8 Å². The van der Waals surface area contributed by atoms with Crippen molar-refractivity contribution in [1.29, 1.82) is 0 Å². The van der Waals surface area contributed by atoms with E-state index in [-0.39, 0.29) is 6.04 Å². The SMILES string of the molecule is CN(C)[C@@H]1C(c2ccccc2)=C(Cc2ccccc2)OS(=O)(=O)[C@H]1c1ccccc1. The molecular formula is C25H25NO3S. The summed E-state index contributed by atoms with van der Waals surface area (Å²) in [4.78, 5) is 1.98. The van der Waals surface area contributed by atoms with E-state index < -0.39 is 15.4 Å². The van der Waals surface area contributed by atoms with Gasteiger partial charge in [0.25, 0.3) is 0 Å². The minimum Gasteiger partial charge on any atom is -0.386 e. The summed E-state index contributed by atoms with van der Waals surface area (Å²) in [5, 5.41) is -0.816. The van der Waals surface area contributed by atoms with Gasteiger partial charge >= 0.3 is 10.1 Å². The molecule has 0 unspecified atom stereocenters. The summed E-state index contributed by atoms with van der Waals surface area (Å²) in [6.45, 7) is 0. The summed E-state index contributed by atoms with van der Waals surface area (Å²) in [6.07, 6.45) is 0.413. The summed E-state index contributed by atoms with van der Waals surface area (Å²) < 4.78 is 32.6. The summed E-state index contributed by atoms with van der Waals surface area (Å²) in [5.41, 5.74) is 3.61. The van der Waals surface area contributed by atoms with Crippen molar-refractivity contribution in [2.45, 2.75) is 17.7 Å². The van der Waals surface area contributed by atoms with E-state index in [0.29, 0.717) is 12.2 Å². The monoisotopic (exact) mass is 419 g/mol. The van der Waals surface area contributed by atoms with Crippen LogP contribution < -0.4 is 0 Å². The van der Waals surface area contributed by atoms with Gasteiger partial charge in [-0.3, -0.25) is 0 Å². The van der Waals surface area contributed by atoms with Gasteiger partial charge in [0, 0.05) is 12.0 Å². The zero-order valence-electron chi connectivity index (χ0n) is 17.1. The van der Waals surface area contributed by atoms with Gasteiger partial charge in [-0.2, -0.15) is 8.42 Å². The molecule has 0 aliphatic carbocycles. The normalized spacial score (nSPS) is 20.8. The van der Waals surface area contributed by atoms with Crippen molar-refractivity contribution in [3.05, 3.63) is 113 Å². The number of allylic oxidation sites excluding steroid dienone is 1. The summed E-state index contributed by atoms with van der Waals surface area (Å²) >= 11 is 0. The maximum atomic E-state index is 13.4. The number of hydrogen-bond donors (Lipinski definition) is 0. The largest absolute Gasteiger partial charge is 0.386 e. The molecule has 4 nitrogen and oxygen atoms in total. The minimum absolute atomic E-state index is 0.382. The third-order valence-corrected chi connectivity index (χ3v) is 6.97. The molecule has 0 saturated carbocycles. The van der Waals surface area contributed by atoms with Crippen LogP contribution in [0.3, 0.4) is 0 Å². The van der Waals surface area contributed by atoms with Crippen LogP contribution in [0.25, 0.3) is 5.57 Å². The smallest absolute Gasteiger partial charge is 0.317 e. The van der Waals surface area contributed by atoms with Crippen molar-refractivity contribution < 1.29 is 12.6 Å². The van der Waals surface area contributed by atoms with Crippen LogP contribution in [-0.2, 0) is 20.7 Å². The molecule has 1 heterocycles. The van der Waals surface area contributed by atoms with Crippen molar-refractivity contribution in [3.8, 4) is 0 Å². The Kier molecular flexibility index (Phi) is 5.75. The molecule has 0 radical (unpaired) electrons. The second kappa shape index (κ2) is 8.46.